The van der Waals surface area contributed by atoms with E-state index >= 15 is 0 Å². The minimum Gasteiger partial charge on any atom is -0.357 e. The third kappa shape index (κ3) is 4.29. The number of anilines is 1. The average Bonchev–Trinajstić information content (AvgIpc) is 3.33. The van der Waals surface area contributed by atoms with Crippen LogP contribution in [-0.4, -0.2) is 51.2 Å². The van der Waals surface area contributed by atoms with Crippen molar-refractivity contribution in [2.24, 2.45) is 0 Å². The molecule has 0 saturated carbocycles. The minimum absolute atomic E-state index is 0.272. The van der Waals surface area contributed by atoms with Gasteiger partial charge in [-0.15, -0.1) is 0 Å². The molecule has 0 aliphatic carbocycles. The molecule has 0 spiro atoms. The van der Waals surface area contributed by atoms with E-state index in [1.807, 2.05) is 6.92 Å². The molecule has 7 nitrogen and oxygen atoms in total. The van der Waals surface area contributed by atoms with Gasteiger partial charge in [0.1, 0.15) is 11.6 Å². The van der Waals surface area contributed by atoms with Crippen LogP contribution in [0.25, 0.3) is 0 Å². The van der Waals surface area contributed by atoms with Gasteiger partial charge in [0.2, 0.25) is 5.89 Å². The quantitative estimate of drug-likeness (QED) is 0.800. The number of nitrogens with zero attached hydrogens (tertiary/aromatic N) is 6. The molecule has 4 rings (SSSR count). The third-order valence-corrected chi connectivity index (χ3v) is 5.54. The Balaban J connectivity index is 1.46. The molecule has 7 heteroatoms. The van der Waals surface area contributed by atoms with E-state index in [2.05, 4.69) is 44.8 Å². The first-order chi connectivity index (χ1) is 13.1. The highest BCUT2D eigenvalue weighted by atomic mass is 16.5. The largest absolute Gasteiger partial charge is 0.357 e. The molecule has 0 aromatic carbocycles. The molecule has 0 radical (unpaired) electrons. The zero-order chi connectivity index (χ0) is 18.8. The molecule has 0 N–H and O–H groups in total. The van der Waals surface area contributed by atoms with Crippen LogP contribution in [0.2, 0.25) is 0 Å². The van der Waals surface area contributed by atoms with Crippen molar-refractivity contribution in [3.05, 3.63) is 29.3 Å². The van der Waals surface area contributed by atoms with Crippen LogP contribution >= 0.6 is 0 Å². The van der Waals surface area contributed by atoms with E-state index in [0.717, 1.165) is 56.1 Å². The summed E-state index contributed by atoms with van der Waals surface area (Å²) in [5.41, 5.74) is 1.19. The Morgan fingerprint density at radius 1 is 1.11 bits per heavy atom. The van der Waals surface area contributed by atoms with Crippen LogP contribution in [0.15, 0.2) is 10.6 Å². The molecule has 27 heavy (non-hydrogen) atoms. The molecule has 2 saturated heterocycles. The summed E-state index contributed by atoms with van der Waals surface area (Å²) in [7, 11) is 0. The summed E-state index contributed by atoms with van der Waals surface area (Å²) >= 11 is 0. The van der Waals surface area contributed by atoms with Crippen molar-refractivity contribution in [3.8, 4) is 0 Å². The van der Waals surface area contributed by atoms with Crippen LogP contribution in [0.5, 0.6) is 0 Å². The van der Waals surface area contributed by atoms with Gasteiger partial charge in [-0.1, -0.05) is 19.0 Å². The van der Waals surface area contributed by atoms with E-state index in [1.54, 1.807) is 0 Å². The van der Waals surface area contributed by atoms with Gasteiger partial charge in [0.15, 0.2) is 5.82 Å². The Bertz CT molecular complexity index is 768. The summed E-state index contributed by atoms with van der Waals surface area (Å²) in [5, 5.41) is 4.15. The lowest BCUT2D eigenvalue weighted by molar-refractivity contribution is 0.192. The first-order valence-electron chi connectivity index (χ1n) is 10.2. The molecule has 2 aliphatic heterocycles. The first kappa shape index (κ1) is 18.3. The summed E-state index contributed by atoms with van der Waals surface area (Å²) in [4.78, 5) is 18.8. The van der Waals surface area contributed by atoms with Crippen molar-refractivity contribution in [1.29, 1.82) is 0 Å². The summed E-state index contributed by atoms with van der Waals surface area (Å²) in [6.07, 6.45) is 4.87. The van der Waals surface area contributed by atoms with Gasteiger partial charge >= 0.3 is 0 Å². The Kier molecular flexibility index (Phi) is 5.38. The SMILES string of the molecule is Cc1nc([C@@H]2CCCN(Cc3noc(C(C)C)n3)C2)cc(N2CCCC2)n1. The number of aromatic nitrogens is 4. The van der Waals surface area contributed by atoms with Crippen molar-refractivity contribution in [2.45, 2.75) is 64.8 Å². The molecule has 0 unspecified atom stereocenters. The lowest BCUT2D eigenvalue weighted by atomic mass is 9.94. The van der Waals surface area contributed by atoms with Crippen molar-refractivity contribution in [2.75, 3.05) is 31.1 Å². The second-order valence-electron chi connectivity index (χ2n) is 8.17. The number of rotatable bonds is 5. The second kappa shape index (κ2) is 7.92. The summed E-state index contributed by atoms with van der Waals surface area (Å²) in [6, 6.07) is 2.22. The smallest absolute Gasteiger partial charge is 0.229 e. The Labute approximate surface area is 161 Å². The van der Waals surface area contributed by atoms with Gasteiger partial charge in [-0.25, -0.2) is 9.97 Å². The van der Waals surface area contributed by atoms with Crippen LogP contribution in [0, 0.1) is 6.92 Å². The van der Waals surface area contributed by atoms with Crippen molar-refractivity contribution in [3.63, 3.8) is 0 Å². The van der Waals surface area contributed by atoms with Crippen LogP contribution in [0.1, 0.15) is 74.6 Å². The fourth-order valence-corrected chi connectivity index (χ4v) is 4.10. The number of piperidine rings is 1. The summed E-state index contributed by atoms with van der Waals surface area (Å²) in [5.74, 6) is 4.21. The standard InChI is InChI=1S/C20H30N6O/c1-14(2)20-23-18(24-27-20)13-25-8-6-7-16(12-25)17-11-19(22-15(3)21-17)26-9-4-5-10-26/h11,14,16H,4-10,12-13H2,1-3H3/t16-/m1/s1. The molecular weight excluding hydrogens is 340 g/mol. The molecule has 146 valence electrons. The zero-order valence-corrected chi connectivity index (χ0v) is 16.7. The van der Waals surface area contributed by atoms with E-state index in [9.17, 15) is 0 Å². The van der Waals surface area contributed by atoms with Gasteiger partial charge < -0.3 is 9.42 Å². The van der Waals surface area contributed by atoms with Crippen LogP contribution in [-0.2, 0) is 6.54 Å². The van der Waals surface area contributed by atoms with E-state index < -0.39 is 0 Å². The van der Waals surface area contributed by atoms with Crippen LogP contribution in [0.3, 0.4) is 0 Å². The molecule has 1 atom stereocenters. The predicted molar refractivity (Wildman–Crippen MR) is 104 cm³/mol. The predicted octanol–water partition coefficient (Wildman–Crippen LogP) is 3.27. The molecule has 4 heterocycles. The van der Waals surface area contributed by atoms with E-state index in [-0.39, 0.29) is 5.92 Å². The molecule has 0 amide bonds. The topological polar surface area (TPSA) is 71.2 Å². The number of aryl methyl sites for hydroxylation is 1. The van der Waals surface area contributed by atoms with Gasteiger partial charge in [-0.05, 0) is 39.2 Å². The molecule has 2 fully saturated rings. The first-order valence-corrected chi connectivity index (χ1v) is 10.2. The van der Waals surface area contributed by atoms with Gasteiger partial charge in [0.25, 0.3) is 0 Å². The van der Waals surface area contributed by atoms with Gasteiger partial charge in [0, 0.05) is 37.5 Å². The lowest BCUT2D eigenvalue weighted by Gasteiger charge is -2.32. The second-order valence-corrected chi connectivity index (χ2v) is 8.17. The van der Waals surface area contributed by atoms with Crippen molar-refractivity contribution >= 4 is 5.82 Å². The fourth-order valence-electron chi connectivity index (χ4n) is 4.10. The highest BCUT2D eigenvalue weighted by Crippen LogP contribution is 2.29. The number of hydrogen-bond donors (Lipinski definition) is 0. The average molecular weight is 371 g/mol. The molecule has 2 aliphatic rings. The molecule has 2 aromatic rings. The Morgan fingerprint density at radius 2 is 1.93 bits per heavy atom. The van der Waals surface area contributed by atoms with E-state index in [0.29, 0.717) is 5.92 Å². The zero-order valence-electron chi connectivity index (χ0n) is 16.7. The maximum absolute atomic E-state index is 5.35. The van der Waals surface area contributed by atoms with E-state index in [1.165, 1.54) is 31.4 Å². The number of hydrogen-bond acceptors (Lipinski definition) is 7. The van der Waals surface area contributed by atoms with Crippen LogP contribution in [0.4, 0.5) is 5.82 Å². The summed E-state index contributed by atoms with van der Waals surface area (Å²) in [6.45, 7) is 11.2. The van der Waals surface area contributed by atoms with E-state index in [4.69, 9.17) is 9.51 Å². The molecule has 2 aromatic heterocycles. The lowest BCUT2D eigenvalue weighted by Crippen LogP contribution is -2.34. The molecular formula is C20H30N6O. The molecule has 0 bridgehead atoms. The highest BCUT2D eigenvalue weighted by Gasteiger charge is 2.25. The Morgan fingerprint density at radius 3 is 2.67 bits per heavy atom. The van der Waals surface area contributed by atoms with Gasteiger partial charge in [-0.3, -0.25) is 4.90 Å². The van der Waals surface area contributed by atoms with Crippen molar-refractivity contribution < 1.29 is 4.52 Å². The normalized spacial score (nSPS) is 21.3. The monoisotopic (exact) mass is 370 g/mol. The maximum Gasteiger partial charge on any atom is 0.229 e. The third-order valence-electron chi connectivity index (χ3n) is 5.54. The summed E-state index contributed by atoms with van der Waals surface area (Å²) < 4.78 is 5.35. The van der Waals surface area contributed by atoms with Crippen molar-refractivity contribution in [1.82, 2.24) is 25.0 Å². The minimum atomic E-state index is 0.272. The number of likely N-dealkylation sites (tertiary alicyclic amines) is 1. The van der Waals surface area contributed by atoms with Crippen LogP contribution < -0.4 is 4.90 Å². The fraction of sp³-hybridized carbons (Fsp3) is 0.700. The van der Waals surface area contributed by atoms with Gasteiger partial charge in [-0.2, -0.15) is 4.98 Å². The Hall–Kier alpha value is -2.02. The van der Waals surface area contributed by atoms with Gasteiger partial charge in [0.05, 0.1) is 12.2 Å². The maximum atomic E-state index is 5.35. The highest BCUT2D eigenvalue weighted by molar-refractivity contribution is 5.41.